The van der Waals surface area contributed by atoms with Crippen LogP contribution in [-0.2, 0) is 0 Å². The minimum atomic E-state index is -0.0492. The third-order valence-electron chi connectivity index (χ3n) is 11.0. The highest BCUT2D eigenvalue weighted by Gasteiger charge is 2.58. The van der Waals surface area contributed by atoms with Crippen LogP contribution in [0.25, 0.3) is 0 Å². The molecule has 1 heteroatoms. The molecule has 4 aliphatic carbocycles. The van der Waals surface area contributed by atoms with Crippen molar-refractivity contribution in [1.29, 1.82) is 0 Å². The average Bonchev–Trinajstić information content (AvgIpc) is 3.05. The predicted molar refractivity (Wildman–Crippen MR) is 128 cm³/mol. The van der Waals surface area contributed by atoms with E-state index in [4.69, 9.17) is 0 Å². The molecule has 0 aromatic heterocycles. The smallest absolute Gasteiger partial charge is 0.0543 e. The van der Waals surface area contributed by atoms with Crippen LogP contribution >= 0.6 is 0 Å². The first kappa shape index (κ1) is 22.6. The van der Waals surface area contributed by atoms with E-state index in [1.165, 1.54) is 38.5 Å². The Labute approximate surface area is 186 Å². The second-order valence-corrected chi connectivity index (χ2v) is 12.7. The Morgan fingerprint density at radius 1 is 1.00 bits per heavy atom. The van der Waals surface area contributed by atoms with Crippen molar-refractivity contribution in [2.45, 2.75) is 106 Å². The summed E-state index contributed by atoms with van der Waals surface area (Å²) in [6.45, 7) is 17.2. The van der Waals surface area contributed by atoms with Crippen LogP contribution in [0.5, 0.6) is 0 Å². The van der Waals surface area contributed by atoms with E-state index in [2.05, 4.69) is 60.6 Å². The fourth-order valence-electron chi connectivity index (χ4n) is 8.60. The Hall–Kier alpha value is -0.560. The molecule has 4 aliphatic rings. The molecular weight excluding hydrogens is 364 g/mol. The Bertz CT molecular complexity index is 701. The number of fused-ring (bicyclic) bond motifs is 5. The van der Waals surface area contributed by atoms with Crippen LogP contribution in [0.4, 0.5) is 0 Å². The van der Waals surface area contributed by atoms with Gasteiger partial charge in [0, 0.05) is 0 Å². The summed E-state index contributed by atoms with van der Waals surface area (Å²) in [7, 11) is 0. The van der Waals surface area contributed by atoms with Crippen molar-refractivity contribution >= 4 is 0 Å². The molecular formula is C29H48O. The van der Waals surface area contributed by atoms with Crippen molar-refractivity contribution in [2.24, 2.45) is 52.3 Å². The van der Waals surface area contributed by atoms with Crippen LogP contribution < -0.4 is 0 Å². The Morgan fingerprint density at radius 3 is 2.37 bits per heavy atom. The standard InChI is InChI=1S/C29H48O/c1-18(2)21(5)19(3)16-20(4)25-10-11-26-24-9-8-22-17-23(30)12-14-28(22,6)27(24)13-15-29(25,26)7/h9,16,18,20-23,25-27,30H,8,10-15,17H2,1-7H3/b19-16+/t20-,21-,22+,23+,25-,26+,27+,28+,29-/m1/s1. The maximum absolute atomic E-state index is 10.3. The summed E-state index contributed by atoms with van der Waals surface area (Å²) < 4.78 is 0. The van der Waals surface area contributed by atoms with Gasteiger partial charge in [0.15, 0.2) is 0 Å². The second kappa shape index (κ2) is 8.09. The highest BCUT2D eigenvalue weighted by molar-refractivity contribution is 5.28. The first-order valence-corrected chi connectivity index (χ1v) is 13.1. The van der Waals surface area contributed by atoms with E-state index in [9.17, 15) is 5.11 Å². The van der Waals surface area contributed by atoms with Crippen molar-refractivity contribution < 1.29 is 5.11 Å². The molecule has 9 atom stereocenters. The molecule has 0 aromatic carbocycles. The number of aliphatic hydroxyl groups is 1. The van der Waals surface area contributed by atoms with Gasteiger partial charge in [-0.25, -0.2) is 0 Å². The second-order valence-electron chi connectivity index (χ2n) is 12.7. The Kier molecular flexibility index (Phi) is 6.10. The van der Waals surface area contributed by atoms with Crippen LogP contribution in [0.15, 0.2) is 23.3 Å². The lowest BCUT2D eigenvalue weighted by atomic mass is 9.47. The van der Waals surface area contributed by atoms with Crippen molar-refractivity contribution in [3.63, 3.8) is 0 Å². The van der Waals surface area contributed by atoms with E-state index < -0.39 is 0 Å². The first-order chi connectivity index (χ1) is 14.1. The summed E-state index contributed by atoms with van der Waals surface area (Å²) >= 11 is 0. The SMILES string of the molecule is C/C(=C\[C@@H](C)[C@H]1CC[C@H]2C3=CC[C@H]4C[C@@H](O)CC[C@]4(C)[C@H]3CC[C@]12C)[C@H](C)C(C)C. The minimum Gasteiger partial charge on any atom is -0.393 e. The normalized spacial score (nSPS) is 46.0. The van der Waals surface area contributed by atoms with Gasteiger partial charge in [0.25, 0.3) is 0 Å². The molecule has 0 saturated heterocycles. The van der Waals surface area contributed by atoms with Crippen LogP contribution in [0.3, 0.4) is 0 Å². The van der Waals surface area contributed by atoms with Gasteiger partial charge in [-0.2, -0.15) is 0 Å². The molecule has 4 rings (SSSR count). The van der Waals surface area contributed by atoms with E-state index >= 15 is 0 Å². The fourth-order valence-corrected chi connectivity index (χ4v) is 8.60. The van der Waals surface area contributed by atoms with E-state index in [0.29, 0.717) is 28.6 Å². The van der Waals surface area contributed by atoms with E-state index in [1.54, 1.807) is 5.57 Å². The third-order valence-corrected chi connectivity index (χ3v) is 11.0. The van der Waals surface area contributed by atoms with Gasteiger partial charge >= 0.3 is 0 Å². The lowest BCUT2D eigenvalue weighted by molar-refractivity contribution is -0.0414. The molecule has 0 radical (unpaired) electrons. The van der Waals surface area contributed by atoms with Crippen LogP contribution in [0, 0.1) is 52.3 Å². The molecule has 3 fully saturated rings. The van der Waals surface area contributed by atoms with Gasteiger partial charge in [0.1, 0.15) is 0 Å². The molecule has 0 bridgehead atoms. The van der Waals surface area contributed by atoms with E-state index in [1.807, 2.05) is 5.57 Å². The predicted octanol–water partition coefficient (Wildman–Crippen LogP) is 7.80. The van der Waals surface area contributed by atoms with Gasteiger partial charge in [-0.05, 0) is 111 Å². The zero-order valence-electron chi connectivity index (χ0n) is 20.9. The van der Waals surface area contributed by atoms with Crippen molar-refractivity contribution in [3.05, 3.63) is 23.3 Å². The molecule has 0 amide bonds. The quantitative estimate of drug-likeness (QED) is 0.467. The lowest BCUT2D eigenvalue weighted by Gasteiger charge is -2.57. The summed E-state index contributed by atoms with van der Waals surface area (Å²) in [4.78, 5) is 0. The van der Waals surface area contributed by atoms with Gasteiger partial charge < -0.3 is 5.11 Å². The fraction of sp³-hybridized carbons (Fsp3) is 0.862. The number of allylic oxidation sites excluding steroid dienone is 4. The van der Waals surface area contributed by atoms with E-state index in [0.717, 1.165) is 36.5 Å². The average molecular weight is 413 g/mol. The molecule has 0 unspecified atom stereocenters. The summed E-state index contributed by atoms with van der Waals surface area (Å²) in [6, 6.07) is 0. The summed E-state index contributed by atoms with van der Waals surface area (Å²) in [5, 5.41) is 10.3. The lowest BCUT2D eigenvalue weighted by Crippen LogP contribution is -2.49. The van der Waals surface area contributed by atoms with Crippen LogP contribution in [-0.4, -0.2) is 11.2 Å². The zero-order valence-corrected chi connectivity index (χ0v) is 20.9. The van der Waals surface area contributed by atoms with Gasteiger partial charge in [-0.1, -0.05) is 64.8 Å². The molecule has 1 N–H and O–H groups in total. The van der Waals surface area contributed by atoms with Crippen molar-refractivity contribution in [2.75, 3.05) is 0 Å². The van der Waals surface area contributed by atoms with Gasteiger partial charge in [0.05, 0.1) is 6.10 Å². The minimum absolute atomic E-state index is 0.0492. The monoisotopic (exact) mass is 412 g/mol. The van der Waals surface area contributed by atoms with Gasteiger partial charge in [-0.3, -0.25) is 0 Å². The highest BCUT2D eigenvalue weighted by atomic mass is 16.3. The molecule has 170 valence electrons. The van der Waals surface area contributed by atoms with E-state index in [-0.39, 0.29) is 6.10 Å². The number of rotatable bonds is 4. The number of hydrogen-bond donors (Lipinski definition) is 1. The van der Waals surface area contributed by atoms with Crippen molar-refractivity contribution in [3.8, 4) is 0 Å². The molecule has 0 spiro atoms. The third kappa shape index (κ3) is 3.56. The van der Waals surface area contributed by atoms with Gasteiger partial charge in [0.2, 0.25) is 0 Å². The van der Waals surface area contributed by atoms with Gasteiger partial charge in [-0.15, -0.1) is 0 Å². The number of aliphatic hydroxyl groups excluding tert-OH is 1. The maximum Gasteiger partial charge on any atom is 0.0543 e. The molecule has 0 heterocycles. The molecule has 30 heavy (non-hydrogen) atoms. The molecule has 1 nitrogen and oxygen atoms in total. The number of hydrogen-bond acceptors (Lipinski definition) is 1. The molecule has 0 aromatic rings. The van der Waals surface area contributed by atoms with Crippen LogP contribution in [0.2, 0.25) is 0 Å². The highest BCUT2D eigenvalue weighted by Crippen LogP contribution is 2.66. The summed E-state index contributed by atoms with van der Waals surface area (Å²) in [6.07, 6.45) is 15.4. The summed E-state index contributed by atoms with van der Waals surface area (Å²) in [5.41, 5.74) is 4.38. The topological polar surface area (TPSA) is 20.2 Å². The van der Waals surface area contributed by atoms with Crippen LogP contribution in [0.1, 0.15) is 99.8 Å². The maximum atomic E-state index is 10.3. The summed E-state index contributed by atoms with van der Waals surface area (Å²) in [5.74, 6) is 5.24. The zero-order chi connectivity index (χ0) is 21.8. The molecule has 3 saturated carbocycles. The first-order valence-electron chi connectivity index (χ1n) is 13.1. The largest absolute Gasteiger partial charge is 0.393 e. The Morgan fingerprint density at radius 2 is 1.67 bits per heavy atom. The molecule has 0 aliphatic heterocycles. The Balaban J connectivity index is 1.56. The van der Waals surface area contributed by atoms with Crippen molar-refractivity contribution in [1.82, 2.24) is 0 Å².